The largest absolute Gasteiger partial charge is 0.472 e. The van der Waals surface area contributed by atoms with Crippen LogP contribution in [0.5, 0.6) is 0 Å². The van der Waals surface area contributed by atoms with Gasteiger partial charge in [-0.05, 0) is 36.1 Å². The standard InChI is InChI=1S/C21H25N3O3/c1-22-7-4-17-2-3-18(12-20(17)22)21(26)24-9-8-23(19(14-24)5-10-25)13-16-6-11-27-15-16/h2-4,6-7,11-12,15,19,25H,5,8-10,13-14H2,1H3. The number of hydrogen-bond acceptors (Lipinski definition) is 4. The number of aliphatic hydroxyl groups is 1. The smallest absolute Gasteiger partial charge is 0.254 e. The van der Waals surface area contributed by atoms with Crippen molar-refractivity contribution in [2.45, 2.75) is 19.0 Å². The Morgan fingerprint density at radius 3 is 2.93 bits per heavy atom. The number of piperazine rings is 1. The summed E-state index contributed by atoms with van der Waals surface area (Å²) in [7, 11) is 1.99. The molecule has 1 fully saturated rings. The Morgan fingerprint density at radius 2 is 2.15 bits per heavy atom. The summed E-state index contributed by atoms with van der Waals surface area (Å²) in [6, 6.07) is 10.0. The fraction of sp³-hybridized carbons (Fsp3) is 0.381. The first kappa shape index (κ1) is 17.8. The maximum Gasteiger partial charge on any atom is 0.254 e. The molecule has 3 aromatic rings. The molecule has 6 heteroatoms. The van der Waals surface area contributed by atoms with Crippen molar-refractivity contribution in [1.82, 2.24) is 14.4 Å². The number of furan rings is 1. The van der Waals surface area contributed by atoms with Gasteiger partial charge in [-0.2, -0.15) is 0 Å². The molecule has 2 aromatic heterocycles. The highest BCUT2D eigenvalue weighted by atomic mass is 16.3. The fourth-order valence-electron chi connectivity index (χ4n) is 3.90. The van der Waals surface area contributed by atoms with E-state index in [0.717, 1.165) is 35.1 Å². The van der Waals surface area contributed by atoms with Crippen molar-refractivity contribution in [3.63, 3.8) is 0 Å². The molecule has 1 aromatic carbocycles. The predicted molar refractivity (Wildman–Crippen MR) is 103 cm³/mol. The first-order valence-electron chi connectivity index (χ1n) is 9.36. The zero-order valence-electron chi connectivity index (χ0n) is 15.5. The van der Waals surface area contributed by atoms with E-state index in [-0.39, 0.29) is 18.6 Å². The van der Waals surface area contributed by atoms with Gasteiger partial charge in [-0.25, -0.2) is 0 Å². The minimum Gasteiger partial charge on any atom is -0.472 e. The lowest BCUT2D eigenvalue weighted by Crippen LogP contribution is -2.54. The zero-order chi connectivity index (χ0) is 18.8. The van der Waals surface area contributed by atoms with Crippen LogP contribution in [0.4, 0.5) is 0 Å². The number of benzene rings is 1. The quantitative estimate of drug-likeness (QED) is 0.753. The van der Waals surface area contributed by atoms with Crippen molar-refractivity contribution in [2.75, 3.05) is 26.2 Å². The van der Waals surface area contributed by atoms with E-state index in [9.17, 15) is 9.90 Å². The summed E-state index contributed by atoms with van der Waals surface area (Å²) in [4.78, 5) is 17.3. The number of carbonyl (C=O) groups excluding carboxylic acids is 1. The molecule has 0 aliphatic carbocycles. The van der Waals surface area contributed by atoms with Crippen molar-refractivity contribution >= 4 is 16.8 Å². The van der Waals surface area contributed by atoms with E-state index < -0.39 is 0 Å². The molecule has 6 nitrogen and oxygen atoms in total. The van der Waals surface area contributed by atoms with E-state index in [1.54, 1.807) is 12.5 Å². The Balaban J connectivity index is 1.50. The molecule has 1 amide bonds. The summed E-state index contributed by atoms with van der Waals surface area (Å²) in [6.45, 7) is 2.99. The minimum absolute atomic E-state index is 0.0593. The van der Waals surface area contributed by atoms with Gasteiger partial charge in [-0.15, -0.1) is 0 Å². The highest BCUT2D eigenvalue weighted by Gasteiger charge is 2.30. The zero-order valence-corrected chi connectivity index (χ0v) is 15.5. The molecule has 1 atom stereocenters. The molecule has 1 saturated heterocycles. The van der Waals surface area contributed by atoms with Gasteiger partial charge in [-0.3, -0.25) is 9.69 Å². The van der Waals surface area contributed by atoms with Gasteiger partial charge in [-0.1, -0.05) is 6.07 Å². The number of carbonyl (C=O) groups is 1. The fourth-order valence-corrected chi connectivity index (χ4v) is 3.90. The average Bonchev–Trinajstić information content (AvgIpc) is 3.32. The molecule has 142 valence electrons. The highest BCUT2D eigenvalue weighted by Crippen LogP contribution is 2.21. The summed E-state index contributed by atoms with van der Waals surface area (Å²) in [5, 5.41) is 10.6. The summed E-state index contributed by atoms with van der Waals surface area (Å²) >= 11 is 0. The summed E-state index contributed by atoms with van der Waals surface area (Å²) in [5.41, 5.74) is 2.90. The van der Waals surface area contributed by atoms with Crippen molar-refractivity contribution < 1.29 is 14.3 Å². The molecule has 27 heavy (non-hydrogen) atoms. The van der Waals surface area contributed by atoms with Crippen LogP contribution < -0.4 is 0 Å². The van der Waals surface area contributed by atoms with Crippen LogP contribution in [0.3, 0.4) is 0 Å². The molecule has 4 rings (SSSR count). The van der Waals surface area contributed by atoms with Crippen molar-refractivity contribution in [3.05, 3.63) is 60.2 Å². The number of rotatable bonds is 5. The first-order valence-corrected chi connectivity index (χ1v) is 9.36. The van der Waals surface area contributed by atoms with Crippen LogP contribution in [0, 0.1) is 0 Å². The van der Waals surface area contributed by atoms with E-state index >= 15 is 0 Å². The Bertz CT molecular complexity index is 916. The number of fused-ring (bicyclic) bond motifs is 1. The van der Waals surface area contributed by atoms with Gasteiger partial charge < -0.3 is 19.0 Å². The van der Waals surface area contributed by atoms with E-state index in [2.05, 4.69) is 11.0 Å². The third-order valence-corrected chi connectivity index (χ3v) is 5.46. The Kier molecular flexibility index (Phi) is 5.01. The van der Waals surface area contributed by atoms with E-state index in [1.165, 1.54) is 0 Å². The van der Waals surface area contributed by atoms with Gasteiger partial charge in [0.1, 0.15) is 0 Å². The van der Waals surface area contributed by atoms with Crippen LogP contribution in [0.1, 0.15) is 22.3 Å². The average molecular weight is 367 g/mol. The summed E-state index contributed by atoms with van der Waals surface area (Å²) < 4.78 is 7.20. The number of hydrogen-bond donors (Lipinski definition) is 1. The van der Waals surface area contributed by atoms with E-state index in [0.29, 0.717) is 19.5 Å². The highest BCUT2D eigenvalue weighted by molar-refractivity contribution is 5.98. The Morgan fingerprint density at radius 1 is 1.26 bits per heavy atom. The van der Waals surface area contributed by atoms with Crippen molar-refractivity contribution in [1.29, 1.82) is 0 Å². The summed E-state index contributed by atoms with van der Waals surface area (Å²) in [6.07, 6.45) is 6.09. The number of aryl methyl sites for hydroxylation is 1. The number of aromatic nitrogens is 1. The Labute approximate surface area is 158 Å². The van der Waals surface area contributed by atoms with Gasteiger partial charge in [0.05, 0.1) is 12.5 Å². The third-order valence-electron chi connectivity index (χ3n) is 5.46. The maximum atomic E-state index is 13.1. The van der Waals surface area contributed by atoms with Gasteiger partial charge in [0.2, 0.25) is 0 Å². The van der Waals surface area contributed by atoms with Gasteiger partial charge in [0.15, 0.2) is 0 Å². The molecule has 1 N–H and O–H groups in total. The van der Waals surface area contributed by atoms with Crippen molar-refractivity contribution in [3.8, 4) is 0 Å². The van der Waals surface area contributed by atoms with Crippen LogP contribution in [-0.2, 0) is 13.6 Å². The molecule has 3 heterocycles. The lowest BCUT2D eigenvalue weighted by molar-refractivity contribution is 0.0395. The number of nitrogens with zero attached hydrogens (tertiary/aromatic N) is 3. The van der Waals surface area contributed by atoms with Gasteiger partial charge in [0.25, 0.3) is 5.91 Å². The second-order valence-corrected chi connectivity index (χ2v) is 7.22. The number of amides is 1. The molecule has 0 bridgehead atoms. The molecule has 0 saturated carbocycles. The van der Waals surface area contributed by atoms with Crippen molar-refractivity contribution in [2.24, 2.45) is 7.05 Å². The van der Waals surface area contributed by atoms with Crippen LogP contribution in [0.2, 0.25) is 0 Å². The Hall–Kier alpha value is -2.57. The van der Waals surface area contributed by atoms with E-state index in [4.69, 9.17) is 4.42 Å². The second-order valence-electron chi connectivity index (χ2n) is 7.22. The molecule has 1 aliphatic heterocycles. The molecular formula is C21H25N3O3. The van der Waals surface area contributed by atoms with Crippen LogP contribution in [-0.4, -0.2) is 57.7 Å². The normalized spacial score (nSPS) is 18.3. The monoisotopic (exact) mass is 367 g/mol. The third kappa shape index (κ3) is 3.63. The second kappa shape index (κ2) is 7.58. The molecular weight excluding hydrogens is 342 g/mol. The predicted octanol–water partition coefficient (Wildman–Crippen LogP) is 2.48. The maximum absolute atomic E-state index is 13.1. The van der Waals surface area contributed by atoms with Crippen LogP contribution >= 0.6 is 0 Å². The van der Waals surface area contributed by atoms with Gasteiger partial charge >= 0.3 is 0 Å². The number of aliphatic hydroxyl groups excluding tert-OH is 1. The topological polar surface area (TPSA) is 61.9 Å². The lowest BCUT2D eigenvalue weighted by Gasteiger charge is -2.41. The lowest BCUT2D eigenvalue weighted by atomic mass is 10.1. The summed E-state index contributed by atoms with van der Waals surface area (Å²) in [5.74, 6) is 0.0593. The van der Waals surface area contributed by atoms with Crippen LogP contribution in [0.25, 0.3) is 10.9 Å². The molecule has 1 aliphatic rings. The SMILES string of the molecule is Cn1ccc2ccc(C(=O)N3CCN(Cc4ccoc4)C(CCO)C3)cc21. The molecule has 0 spiro atoms. The molecule has 1 unspecified atom stereocenters. The first-order chi connectivity index (χ1) is 13.2. The van der Waals surface area contributed by atoms with E-state index in [1.807, 2.05) is 47.0 Å². The minimum atomic E-state index is 0.0593. The molecule has 0 radical (unpaired) electrons. The van der Waals surface area contributed by atoms with Crippen LogP contribution in [0.15, 0.2) is 53.5 Å². The van der Waals surface area contributed by atoms with Gasteiger partial charge in [0, 0.05) is 68.7 Å².